The highest BCUT2D eigenvalue weighted by molar-refractivity contribution is 7.98. The fourth-order valence-corrected chi connectivity index (χ4v) is 2.27. The third-order valence-electron chi connectivity index (χ3n) is 2.63. The van der Waals surface area contributed by atoms with Crippen LogP contribution in [0.25, 0.3) is 0 Å². The van der Waals surface area contributed by atoms with Crippen molar-refractivity contribution in [3.05, 3.63) is 29.3 Å². The molecule has 1 unspecified atom stereocenters. The van der Waals surface area contributed by atoms with E-state index in [1.54, 1.807) is 17.8 Å². The number of anilines is 1. The number of nitrogens with two attached hydrogens (primary N) is 1. The van der Waals surface area contributed by atoms with Gasteiger partial charge in [0.05, 0.1) is 5.56 Å². The van der Waals surface area contributed by atoms with E-state index < -0.39 is 0 Å². The van der Waals surface area contributed by atoms with Crippen molar-refractivity contribution in [2.75, 3.05) is 24.3 Å². The first-order valence-electron chi connectivity index (χ1n) is 5.68. The molecule has 3 nitrogen and oxygen atoms in total. The van der Waals surface area contributed by atoms with Crippen molar-refractivity contribution < 1.29 is 4.79 Å². The van der Waals surface area contributed by atoms with Gasteiger partial charge in [-0.15, -0.1) is 0 Å². The van der Waals surface area contributed by atoms with Gasteiger partial charge in [-0.1, -0.05) is 19.1 Å². The van der Waals surface area contributed by atoms with Gasteiger partial charge >= 0.3 is 0 Å². The fourth-order valence-electron chi connectivity index (χ4n) is 1.58. The zero-order chi connectivity index (χ0) is 12.8. The smallest absolute Gasteiger partial charge is 0.253 e. The molecule has 3 N–H and O–H groups in total. The molecule has 1 atom stereocenters. The molecule has 0 aliphatic heterocycles. The van der Waals surface area contributed by atoms with Gasteiger partial charge in [0.1, 0.15) is 0 Å². The molecule has 0 fully saturated rings. The highest BCUT2D eigenvalue weighted by Gasteiger charge is 2.11. The van der Waals surface area contributed by atoms with Crippen LogP contribution in [0.2, 0.25) is 0 Å². The number of nitrogen functional groups attached to an aromatic ring is 1. The Morgan fingerprint density at radius 2 is 2.24 bits per heavy atom. The van der Waals surface area contributed by atoms with E-state index in [-0.39, 0.29) is 5.91 Å². The Balaban J connectivity index is 2.61. The molecule has 0 saturated heterocycles. The molecule has 0 radical (unpaired) electrons. The average molecular weight is 252 g/mol. The summed E-state index contributed by atoms with van der Waals surface area (Å²) in [4.78, 5) is 11.9. The van der Waals surface area contributed by atoms with E-state index in [4.69, 9.17) is 5.73 Å². The Bertz CT molecular complexity index is 393. The number of rotatable bonds is 5. The minimum Gasteiger partial charge on any atom is -0.398 e. The van der Waals surface area contributed by atoms with Crippen molar-refractivity contribution in [2.45, 2.75) is 13.8 Å². The average Bonchev–Trinajstić information content (AvgIpc) is 2.30. The molecular weight excluding hydrogens is 232 g/mol. The lowest BCUT2D eigenvalue weighted by Gasteiger charge is -2.12. The number of carbonyl (C=O) groups excluding carboxylic acids is 1. The number of carbonyl (C=O) groups is 1. The van der Waals surface area contributed by atoms with Crippen LogP contribution in [0.5, 0.6) is 0 Å². The highest BCUT2D eigenvalue weighted by atomic mass is 32.2. The van der Waals surface area contributed by atoms with E-state index in [1.807, 2.05) is 19.1 Å². The summed E-state index contributed by atoms with van der Waals surface area (Å²) >= 11 is 1.79. The minimum absolute atomic E-state index is 0.0841. The van der Waals surface area contributed by atoms with Crippen LogP contribution in [0.4, 0.5) is 5.69 Å². The van der Waals surface area contributed by atoms with E-state index in [2.05, 4.69) is 18.5 Å². The molecule has 0 aliphatic rings. The Hall–Kier alpha value is -1.16. The summed E-state index contributed by atoms with van der Waals surface area (Å²) in [5.74, 6) is 1.43. The molecule has 0 bridgehead atoms. The van der Waals surface area contributed by atoms with Crippen LogP contribution in [0.1, 0.15) is 22.8 Å². The predicted molar refractivity (Wildman–Crippen MR) is 75.5 cm³/mol. The van der Waals surface area contributed by atoms with Crippen molar-refractivity contribution in [3.8, 4) is 0 Å². The normalized spacial score (nSPS) is 12.2. The van der Waals surface area contributed by atoms with Crippen LogP contribution in [0, 0.1) is 12.8 Å². The number of hydrogen-bond acceptors (Lipinski definition) is 3. The molecule has 94 valence electrons. The molecule has 0 spiro atoms. The molecule has 0 aliphatic carbocycles. The van der Waals surface area contributed by atoms with Crippen molar-refractivity contribution in [1.29, 1.82) is 0 Å². The maximum atomic E-state index is 11.9. The lowest BCUT2D eigenvalue weighted by molar-refractivity contribution is 0.0950. The zero-order valence-corrected chi connectivity index (χ0v) is 11.4. The number of para-hydroxylation sites is 1. The molecule has 17 heavy (non-hydrogen) atoms. The second-order valence-corrected chi connectivity index (χ2v) is 5.22. The van der Waals surface area contributed by atoms with Crippen LogP contribution < -0.4 is 11.1 Å². The summed E-state index contributed by atoms with van der Waals surface area (Å²) in [6, 6.07) is 5.52. The largest absolute Gasteiger partial charge is 0.398 e. The minimum atomic E-state index is -0.0841. The number of benzene rings is 1. The summed E-state index contributed by atoms with van der Waals surface area (Å²) in [5, 5.41) is 2.92. The van der Waals surface area contributed by atoms with Gasteiger partial charge in [-0.3, -0.25) is 4.79 Å². The van der Waals surface area contributed by atoms with Crippen molar-refractivity contribution >= 4 is 23.4 Å². The van der Waals surface area contributed by atoms with Gasteiger partial charge in [-0.05, 0) is 36.5 Å². The molecule has 0 aromatic heterocycles. The number of thioether (sulfide) groups is 1. The fraction of sp³-hybridized carbons (Fsp3) is 0.462. The first-order valence-corrected chi connectivity index (χ1v) is 7.07. The standard InChI is InChI=1S/C13H20N2OS/c1-9(8-17-3)7-15-13(16)11-6-4-5-10(2)12(11)14/h4-6,9H,7-8,14H2,1-3H3,(H,15,16). The molecule has 1 aromatic rings. The van der Waals surface area contributed by atoms with Crippen LogP contribution in [0.15, 0.2) is 18.2 Å². The van der Waals surface area contributed by atoms with E-state index in [1.165, 1.54) is 0 Å². The number of amides is 1. The van der Waals surface area contributed by atoms with Gasteiger partial charge in [0, 0.05) is 12.2 Å². The summed E-state index contributed by atoms with van der Waals surface area (Å²) in [5.41, 5.74) is 7.97. The summed E-state index contributed by atoms with van der Waals surface area (Å²) in [6.45, 7) is 4.71. The van der Waals surface area contributed by atoms with Crippen LogP contribution in [-0.2, 0) is 0 Å². The summed E-state index contributed by atoms with van der Waals surface area (Å²) in [7, 11) is 0. The quantitative estimate of drug-likeness (QED) is 0.791. The summed E-state index contributed by atoms with van der Waals surface area (Å²) < 4.78 is 0. The Morgan fingerprint density at radius 1 is 1.53 bits per heavy atom. The van der Waals surface area contributed by atoms with Crippen LogP contribution in [0.3, 0.4) is 0 Å². The van der Waals surface area contributed by atoms with E-state index in [0.29, 0.717) is 23.7 Å². The first kappa shape index (κ1) is 13.9. The number of aryl methyl sites for hydroxylation is 1. The van der Waals surface area contributed by atoms with Crippen molar-refractivity contribution in [1.82, 2.24) is 5.32 Å². The number of hydrogen-bond donors (Lipinski definition) is 2. The van der Waals surface area contributed by atoms with E-state index >= 15 is 0 Å². The van der Waals surface area contributed by atoms with Gasteiger partial charge < -0.3 is 11.1 Å². The molecule has 1 rings (SSSR count). The predicted octanol–water partition coefficient (Wildman–Crippen LogP) is 2.31. The van der Waals surface area contributed by atoms with E-state index in [9.17, 15) is 4.79 Å². The lowest BCUT2D eigenvalue weighted by Crippen LogP contribution is -2.29. The van der Waals surface area contributed by atoms with Crippen molar-refractivity contribution in [2.24, 2.45) is 5.92 Å². The Labute approximate surface area is 107 Å². The molecule has 4 heteroatoms. The molecule has 0 saturated carbocycles. The highest BCUT2D eigenvalue weighted by Crippen LogP contribution is 2.16. The summed E-state index contributed by atoms with van der Waals surface area (Å²) in [6.07, 6.45) is 2.07. The third kappa shape index (κ3) is 3.97. The second-order valence-electron chi connectivity index (χ2n) is 4.31. The molecular formula is C13H20N2OS. The lowest BCUT2D eigenvalue weighted by atomic mass is 10.1. The molecule has 1 amide bonds. The van der Waals surface area contributed by atoms with Crippen LogP contribution in [-0.4, -0.2) is 24.5 Å². The number of nitrogens with one attached hydrogen (secondary N) is 1. The Kier molecular flexibility index (Phi) is 5.35. The SMILES string of the molecule is CSCC(C)CNC(=O)c1cccc(C)c1N. The van der Waals surface area contributed by atoms with Gasteiger partial charge in [-0.2, -0.15) is 11.8 Å². The maximum Gasteiger partial charge on any atom is 0.253 e. The Morgan fingerprint density at radius 3 is 2.88 bits per heavy atom. The molecule has 0 heterocycles. The topological polar surface area (TPSA) is 55.1 Å². The zero-order valence-electron chi connectivity index (χ0n) is 10.6. The van der Waals surface area contributed by atoms with Crippen molar-refractivity contribution in [3.63, 3.8) is 0 Å². The van der Waals surface area contributed by atoms with Crippen LogP contribution >= 0.6 is 11.8 Å². The van der Waals surface area contributed by atoms with Gasteiger partial charge in [0.15, 0.2) is 0 Å². The molecule has 1 aromatic carbocycles. The maximum absolute atomic E-state index is 11.9. The van der Waals surface area contributed by atoms with Gasteiger partial charge in [0.25, 0.3) is 5.91 Å². The van der Waals surface area contributed by atoms with E-state index in [0.717, 1.165) is 11.3 Å². The van der Waals surface area contributed by atoms with Gasteiger partial charge in [-0.25, -0.2) is 0 Å². The monoisotopic (exact) mass is 252 g/mol. The second kappa shape index (κ2) is 6.55. The first-order chi connectivity index (χ1) is 8.06. The third-order valence-corrected chi connectivity index (χ3v) is 3.53. The van der Waals surface area contributed by atoms with Gasteiger partial charge in [0.2, 0.25) is 0 Å².